The van der Waals surface area contributed by atoms with E-state index < -0.39 is 23.4 Å². The molecule has 1 fully saturated rings. The number of rotatable bonds is 7. The lowest BCUT2D eigenvalue weighted by Gasteiger charge is -2.31. The van der Waals surface area contributed by atoms with Crippen LogP contribution in [-0.4, -0.2) is 49.0 Å². The zero-order valence-corrected chi connectivity index (χ0v) is 20.8. The third kappa shape index (κ3) is 5.96. The first-order valence-corrected chi connectivity index (χ1v) is 11.9. The van der Waals surface area contributed by atoms with E-state index in [-0.39, 0.29) is 28.8 Å². The van der Waals surface area contributed by atoms with Gasteiger partial charge in [-0.25, -0.2) is 18.2 Å². The summed E-state index contributed by atoms with van der Waals surface area (Å²) in [6.07, 6.45) is 5.43. The van der Waals surface area contributed by atoms with Crippen molar-refractivity contribution in [2.45, 2.75) is 18.8 Å². The Hall–Kier alpha value is -4.34. The summed E-state index contributed by atoms with van der Waals surface area (Å²) in [7, 11) is 2.92. The molecular weight excluding hydrogens is 499 g/mol. The van der Waals surface area contributed by atoms with E-state index in [0.717, 1.165) is 30.5 Å². The number of carbonyl (C=O) groups is 2. The first kappa shape index (κ1) is 26.7. The lowest BCUT2D eigenvalue weighted by atomic mass is 9.89. The van der Waals surface area contributed by atoms with E-state index in [1.54, 1.807) is 23.1 Å². The summed E-state index contributed by atoms with van der Waals surface area (Å²) in [6.45, 7) is 1.03. The molecule has 2 aromatic carbocycles. The minimum Gasteiger partial charge on any atom is -0.493 e. The van der Waals surface area contributed by atoms with Gasteiger partial charge in [0.1, 0.15) is 0 Å². The Kier molecular flexibility index (Phi) is 8.30. The van der Waals surface area contributed by atoms with Gasteiger partial charge in [0, 0.05) is 37.1 Å². The van der Waals surface area contributed by atoms with Gasteiger partial charge in [-0.15, -0.1) is 0 Å². The summed E-state index contributed by atoms with van der Waals surface area (Å²) in [5.74, 6) is -3.99. The van der Waals surface area contributed by atoms with Crippen LogP contribution in [0, 0.1) is 17.5 Å². The molecule has 0 saturated carbocycles. The van der Waals surface area contributed by atoms with Gasteiger partial charge in [0.25, 0.3) is 5.91 Å². The molecule has 38 heavy (non-hydrogen) atoms. The number of amides is 2. The number of nitrogens with zero attached hydrogens (tertiary/aromatic N) is 2. The van der Waals surface area contributed by atoms with Crippen molar-refractivity contribution < 1.29 is 32.2 Å². The monoisotopic (exact) mass is 525 g/mol. The van der Waals surface area contributed by atoms with E-state index in [1.807, 2.05) is 12.1 Å². The Morgan fingerprint density at radius 2 is 1.66 bits per heavy atom. The number of hydrogen-bond acceptors (Lipinski definition) is 5. The molecule has 1 N–H and O–H groups in total. The number of carbonyl (C=O) groups excluding carboxylic acids is 2. The van der Waals surface area contributed by atoms with Crippen molar-refractivity contribution in [1.29, 1.82) is 0 Å². The van der Waals surface area contributed by atoms with E-state index in [0.29, 0.717) is 24.5 Å². The zero-order chi connectivity index (χ0) is 27.2. The summed E-state index contributed by atoms with van der Waals surface area (Å²) in [4.78, 5) is 31.0. The number of piperidine rings is 1. The normalized spacial score (nSPS) is 14.0. The van der Waals surface area contributed by atoms with Crippen molar-refractivity contribution >= 4 is 23.6 Å². The fourth-order valence-electron chi connectivity index (χ4n) is 4.36. The molecule has 1 aliphatic heterocycles. The third-order valence-electron chi connectivity index (χ3n) is 6.38. The molecule has 7 nitrogen and oxygen atoms in total. The number of anilines is 1. The number of nitrogens with one attached hydrogen (secondary N) is 1. The quantitative estimate of drug-likeness (QED) is 0.339. The highest BCUT2D eigenvalue weighted by Gasteiger charge is 2.23. The molecule has 1 saturated heterocycles. The van der Waals surface area contributed by atoms with Gasteiger partial charge in [0.05, 0.1) is 14.2 Å². The van der Waals surface area contributed by atoms with Crippen LogP contribution >= 0.6 is 0 Å². The van der Waals surface area contributed by atoms with Gasteiger partial charge < -0.3 is 19.7 Å². The van der Waals surface area contributed by atoms with Gasteiger partial charge in [-0.1, -0.05) is 12.1 Å². The van der Waals surface area contributed by atoms with Crippen LogP contribution in [0.3, 0.4) is 0 Å². The lowest BCUT2D eigenvalue weighted by Crippen LogP contribution is -2.36. The standard InChI is InChI=1S/C28H26F3N3O4/c1-37-23-9-12-32-26(27(23)38-2)28(36)33-20-6-4-18(5-7-20)19-10-13-34(14-11-19)24(35)8-3-17-15-21(29)25(31)22(30)16-17/h3-9,12,15-16,19H,10-11,13-14H2,1-2H3,(H,33,36)/b8-3+. The highest BCUT2D eigenvalue weighted by atomic mass is 19.2. The van der Waals surface area contributed by atoms with Crippen molar-refractivity contribution in [2.24, 2.45) is 0 Å². The molecule has 2 heterocycles. The Morgan fingerprint density at radius 1 is 1.00 bits per heavy atom. The molecule has 198 valence electrons. The molecule has 10 heteroatoms. The van der Waals surface area contributed by atoms with Gasteiger partial charge in [-0.3, -0.25) is 9.59 Å². The van der Waals surface area contributed by atoms with E-state index in [2.05, 4.69) is 10.3 Å². The average molecular weight is 526 g/mol. The summed E-state index contributed by atoms with van der Waals surface area (Å²) < 4.78 is 50.3. The number of ether oxygens (including phenoxy) is 2. The third-order valence-corrected chi connectivity index (χ3v) is 6.38. The van der Waals surface area contributed by atoms with Crippen LogP contribution in [0.15, 0.2) is 54.7 Å². The van der Waals surface area contributed by atoms with Gasteiger partial charge in [-0.2, -0.15) is 0 Å². The van der Waals surface area contributed by atoms with Gasteiger partial charge in [-0.05, 0) is 60.2 Å². The first-order chi connectivity index (χ1) is 18.3. The van der Waals surface area contributed by atoms with E-state index in [1.165, 1.54) is 32.6 Å². The van der Waals surface area contributed by atoms with E-state index in [4.69, 9.17) is 9.47 Å². The second-order valence-corrected chi connectivity index (χ2v) is 8.70. The first-order valence-electron chi connectivity index (χ1n) is 11.9. The highest BCUT2D eigenvalue weighted by molar-refractivity contribution is 6.05. The van der Waals surface area contributed by atoms with Crippen LogP contribution in [0.25, 0.3) is 6.08 Å². The summed E-state index contributed by atoms with van der Waals surface area (Å²) in [5, 5.41) is 2.81. The molecule has 1 aromatic heterocycles. The van der Waals surface area contributed by atoms with Gasteiger partial charge >= 0.3 is 0 Å². The predicted octanol–water partition coefficient (Wildman–Crippen LogP) is 5.19. The number of benzene rings is 2. The van der Waals surface area contributed by atoms with Crippen molar-refractivity contribution in [3.8, 4) is 11.5 Å². The molecule has 0 atom stereocenters. The van der Waals surface area contributed by atoms with Crippen molar-refractivity contribution in [1.82, 2.24) is 9.88 Å². The Bertz CT molecular complexity index is 1330. The van der Waals surface area contributed by atoms with Crippen molar-refractivity contribution in [3.05, 3.63) is 89.0 Å². The lowest BCUT2D eigenvalue weighted by molar-refractivity contribution is -0.126. The zero-order valence-electron chi connectivity index (χ0n) is 20.8. The molecule has 0 aliphatic carbocycles. The smallest absolute Gasteiger partial charge is 0.278 e. The maximum Gasteiger partial charge on any atom is 0.278 e. The molecule has 0 bridgehead atoms. The topological polar surface area (TPSA) is 80.8 Å². The molecule has 2 amide bonds. The second-order valence-electron chi connectivity index (χ2n) is 8.70. The largest absolute Gasteiger partial charge is 0.493 e. The number of likely N-dealkylation sites (tertiary alicyclic amines) is 1. The number of aromatic nitrogens is 1. The van der Waals surface area contributed by atoms with Crippen LogP contribution in [0.1, 0.15) is 40.4 Å². The minimum absolute atomic E-state index is 0.0671. The van der Waals surface area contributed by atoms with Crippen LogP contribution in [0.5, 0.6) is 11.5 Å². The van der Waals surface area contributed by atoms with Crippen LogP contribution in [-0.2, 0) is 4.79 Å². The minimum atomic E-state index is -1.54. The number of methoxy groups -OCH3 is 2. The molecule has 0 radical (unpaired) electrons. The van der Waals surface area contributed by atoms with Gasteiger partial charge in [0.2, 0.25) is 5.91 Å². The molecule has 0 unspecified atom stereocenters. The molecular formula is C28H26F3N3O4. The van der Waals surface area contributed by atoms with E-state index >= 15 is 0 Å². The maximum atomic E-state index is 13.4. The number of halogens is 3. The van der Waals surface area contributed by atoms with Gasteiger partial charge in [0.15, 0.2) is 34.6 Å². The number of pyridine rings is 1. The predicted molar refractivity (Wildman–Crippen MR) is 136 cm³/mol. The summed E-state index contributed by atoms with van der Waals surface area (Å²) in [5.41, 5.74) is 1.85. The SMILES string of the molecule is COc1ccnc(C(=O)Nc2ccc(C3CCN(C(=O)/C=C/c4cc(F)c(F)c(F)c4)CC3)cc2)c1OC. The summed E-state index contributed by atoms with van der Waals surface area (Å²) >= 11 is 0. The van der Waals surface area contributed by atoms with Crippen LogP contribution in [0.4, 0.5) is 18.9 Å². The van der Waals surface area contributed by atoms with E-state index in [9.17, 15) is 22.8 Å². The summed E-state index contributed by atoms with van der Waals surface area (Å²) in [6, 6.07) is 10.8. The fourth-order valence-corrected chi connectivity index (χ4v) is 4.36. The number of hydrogen-bond donors (Lipinski definition) is 1. The average Bonchev–Trinajstić information content (AvgIpc) is 2.94. The Balaban J connectivity index is 1.32. The fraction of sp³-hybridized carbons (Fsp3) is 0.250. The highest BCUT2D eigenvalue weighted by Crippen LogP contribution is 2.31. The molecule has 0 spiro atoms. The molecule has 3 aromatic rings. The van der Waals surface area contributed by atoms with Crippen molar-refractivity contribution in [2.75, 3.05) is 32.6 Å². The maximum absolute atomic E-state index is 13.4. The Labute approximate surface area is 217 Å². The molecule has 4 rings (SSSR count). The van der Waals surface area contributed by atoms with Crippen LogP contribution < -0.4 is 14.8 Å². The second kappa shape index (κ2) is 11.8. The van der Waals surface area contributed by atoms with Crippen molar-refractivity contribution in [3.63, 3.8) is 0 Å². The Morgan fingerprint density at radius 3 is 2.26 bits per heavy atom. The van der Waals surface area contributed by atoms with Crippen LogP contribution in [0.2, 0.25) is 0 Å². The molecule has 1 aliphatic rings.